The van der Waals surface area contributed by atoms with Crippen molar-refractivity contribution in [2.75, 3.05) is 0 Å². The monoisotopic (exact) mass is 373 g/mol. The molecule has 0 fully saturated rings. The van der Waals surface area contributed by atoms with Crippen LogP contribution in [0.2, 0.25) is 0 Å². The fraction of sp³-hybridized carbons (Fsp3) is 0.250. The maximum absolute atomic E-state index is 12.0. The van der Waals surface area contributed by atoms with E-state index in [9.17, 15) is 4.79 Å². The summed E-state index contributed by atoms with van der Waals surface area (Å²) in [5.41, 5.74) is 10.7. The Bertz CT molecular complexity index is 1000. The highest BCUT2D eigenvalue weighted by Crippen LogP contribution is 2.21. The van der Waals surface area contributed by atoms with Gasteiger partial charge in [0.2, 0.25) is 5.91 Å². The van der Waals surface area contributed by atoms with E-state index in [0.717, 1.165) is 28.2 Å². The average Bonchev–Trinajstić information content (AvgIpc) is 2.97. The number of nitrogens with zero attached hydrogens (tertiary/aromatic N) is 2. The fourth-order valence-corrected chi connectivity index (χ4v) is 3.31. The van der Waals surface area contributed by atoms with Crippen LogP contribution in [-0.2, 0) is 11.2 Å². The lowest BCUT2D eigenvalue weighted by Crippen LogP contribution is -2.17. The second kappa shape index (κ2) is 8.70. The number of carbonyl (C=O) groups excluding carboxylic acids is 1. The number of hydrogen-bond donors (Lipinski definition) is 1. The van der Waals surface area contributed by atoms with E-state index in [-0.39, 0.29) is 5.91 Å². The van der Waals surface area contributed by atoms with Crippen molar-refractivity contribution in [1.29, 1.82) is 0 Å². The quantitative estimate of drug-likeness (QED) is 0.490. The number of nitrogens with one attached hydrogen (secondary N) is 1. The first kappa shape index (κ1) is 19.6. The van der Waals surface area contributed by atoms with Crippen LogP contribution in [-0.4, -0.2) is 16.7 Å². The van der Waals surface area contributed by atoms with E-state index in [1.54, 1.807) is 6.21 Å². The minimum Gasteiger partial charge on any atom is -0.318 e. The highest BCUT2D eigenvalue weighted by atomic mass is 16.2. The average molecular weight is 374 g/mol. The minimum atomic E-state index is -0.0805. The SMILES string of the molecule is Cc1ccc(-n2c(C)cc(/C=N\NC(=O)CCc3ccccc3)c2C)cc1C. The molecule has 0 atom stereocenters. The number of aromatic nitrogens is 1. The molecule has 1 aromatic heterocycles. The summed E-state index contributed by atoms with van der Waals surface area (Å²) in [6.45, 7) is 8.39. The topological polar surface area (TPSA) is 46.4 Å². The van der Waals surface area contributed by atoms with E-state index in [1.165, 1.54) is 11.1 Å². The standard InChI is InChI=1S/C24H27N3O/c1-17-10-12-23(14-18(17)2)27-19(3)15-22(20(27)4)16-25-26-24(28)13-11-21-8-6-5-7-9-21/h5-10,12,14-16H,11,13H2,1-4H3,(H,26,28)/b25-16-. The number of carbonyl (C=O) groups is 1. The number of benzene rings is 2. The van der Waals surface area contributed by atoms with E-state index >= 15 is 0 Å². The third kappa shape index (κ3) is 4.58. The van der Waals surface area contributed by atoms with Crippen LogP contribution in [0.25, 0.3) is 5.69 Å². The Morgan fingerprint density at radius 2 is 1.75 bits per heavy atom. The maximum atomic E-state index is 12.0. The Morgan fingerprint density at radius 1 is 1.00 bits per heavy atom. The van der Waals surface area contributed by atoms with Gasteiger partial charge in [-0.3, -0.25) is 4.79 Å². The Morgan fingerprint density at radius 3 is 2.46 bits per heavy atom. The maximum Gasteiger partial charge on any atom is 0.240 e. The van der Waals surface area contributed by atoms with E-state index < -0.39 is 0 Å². The third-order valence-corrected chi connectivity index (χ3v) is 5.10. The van der Waals surface area contributed by atoms with Crippen molar-refractivity contribution in [2.24, 2.45) is 5.10 Å². The summed E-state index contributed by atoms with van der Waals surface area (Å²) < 4.78 is 2.21. The summed E-state index contributed by atoms with van der Waals surface area (Å²) in [4.78, 5) is 12.0. The van der Waals surface area contributed by atoms with E-state index in [1.807, 2.05) is 30.3 Å². The molecule has 144 valence electrons. The molecular weight excluding hydrogens is 346 g/mol. The summed E-state index contributed by atoms with van der Waals surface area (Å²) in [5, 5.41) is 4.16. The number of amides is 1. The second-order valence-corrected chi connectivity index (χ2v) is 7.21. The van der Waals surface area contributed by atoms with E-state index in [0.29, 0.717) is 12.8 Å². The molecule has 0 radical (unpaired) electrons. The Balaban J connectivity index is 1.66. The molecule has 0 aliphatic carbocycles. The molecule has 28 heavy (non-hydrogen) atoms. The molecule has 3 rings (SSSR count). The van der Waals surface area contributed by atoms with Gasteiger partial charge in [-0.25, -0.2) is 5.43 Å². The van der Waals surface area contributed by atoms with Gasteiger partial charge in [0, 0.05) is 29.1 Å². The van der Waals surface area contributed by atoms with Crippen LogP contribution >= 0.6 is 0 Å². The smallest absolute Gasteiger partial charge is 0.240 e. The molecule has 4 nitrogen and oxygen atoms in total. The molecule has 0 saturated heterocycles. The first-order chi connectivity index (χ1) is 13.5. The highest BCUT2D eigenvalue weighted by Gasteiger charge is 2.10. The van der Waals surface area contributed by atoms with Crippen LogP contribution in [0.4, 0.5) is 0 Å². The predicted molar refractivity (Wildman–Crippen MR) is 115 cm³/mol. The minimum absolute atomic E-state index is 0.0805. The van der Waals surface area contributed by atoms with Gasteiger partial charge in [-0.05, 0) is 69.0 Å². The van der Waals surface area contributed by atoms with Gasteiger partial charge in [0.25, 0.3) is 0 Å². The van der Waals surface area contributed by atoms with Crippen molar-refractivity contribution in [3.8, 4) is 5.69 Å². The van der Waals surface area contributed by atoms with Crippen molar-refractivity contribution >= 4 is 12.1 Å². The van der Waals surface area contributed by atoms with Gasteiger partial charge in [0.15, 0.2) is 0 Å². The normalized spacial score (nSPS) is 11.1. The lowest BCUT2D eigenvalue weighted by Gasteiger charge is -2.11. The van der Waals surface area contributed by atoms with Crippen LogP contribution in [0.5, 0.6) is 0 Å². The van der Waals surface area contributed by atoms with Gasteiger partial charge in [-0.15, -0.1) is 0 Å². The predicted octanol–water partition coefficient (Wildman–Crippen LogP) is 4.79. The summed E-state index contributed by atoms with van der Waals surface area (Å²) in [6, 6.07) is 18.6. The molecule has 4 heteroatoms. The van der Waals surface area contributed by atoms with E-state index in [4.69, 9.17) is 0 Å². The fourth-order valence-electron chi connectivity index (χ4n) is 3.31. The van der Waals surface area contributed by atoms with Crippen LogP contribution in [0.1, 0.15) is 40.1 Å². The van der Waals surface area contributed by atoms with Crippen molar-refractivity contribution in [1.82, 2.24) is 9.99 Å². The molecule has 1 amide bonds. The van der Waals surface area contributed by atoms with Gasteiger partial charge < -0.3 is 4.57 Å². The first-order valence-electron chi connectivity index (χ1n) is 9.58. The lowest BCUT2D eigenvalue weighted by molar-refractivity contribution is -0.121. The molecule has 0 aliphatic heterocycles. The van der Waals surface area contributed by atoms with E-state index in [2.05, 4.69) is 67.1 Å². The van der Waals surface area contributed by atoms with Crippen molar-refractivity contribution in [3.63, 3.8) is 0 Å². The summed E-state index contributed by atoms with van der Waals surface area (Å²) in [7, 11) is 0. The van der Waals surface area contributed by atoms with Gasteiger partial charge in [-0.1, -0.05) is 36.4 Å². The number of hydrazone groups is 1. The zero-order valence-electron chi connectivity index (χ0n) is 17.0. The Labute approximate surface area is 166 Å². The number of rotatable bonds is 6. The molecule has 3 aromatic rings. The second-order valence-electron chi connectivity index (χ2n) is 7.21. The molecule has 0 unspecified atom stereocenters. The molecule has 2 aromatic carbocycles. The third-order valence-electron chi connectivity index (χ3n) is 5.10. The zero-order valence-corrected chi connectivity index (χ0v) is 17.0. The molecule has 0 bridgehead atoms. The lowest BCUT2D eigenvalue weighted by atomic mass is 10.1. The molecule has 0 saturated carbocycles. The van der Waals surface area contributed by atoms with Gasteiger partial charge in [0.1, 0.15) is 0 Å². The molecule has 1 heterocycles. The van der Waals surface area contributed by atoms with Crippen LogP contribution < -0.4 is 5.43 Å². The molecule has 0 aliphatic rings. The summed E-state index contributed by atoms with van der Waals surface area (Å²) in [6.07, 6.45) is 2.85. The van der Waals surface area contributed by atoms with Crippen molar-refractivity contribution in [3.05, 3.63) is 88.2 Å². The van der Waals surface area contributed by atoms with Crippen LogP contribution in [0.15, 0.2) is 59.7 Å². The number of aryl methyl sites for hydroxylation is 4. The summed E-state index contributed by atoms with van der Waals surface area (Å²) >= 11 is 0. The molecular formula is C24H27N3O. The largest absolute Gasteiger partial charge is 0.318 e. The molecule has 1 N–H and O–H groups in total. The Kier molecular flexibility index (Phi) is 6.09. The van der Waals surface area contributed by atoms with Crippen LogP contribution in [0.3, 0.4) is 0 Å². The number of hydrogen-bond acceptors (Lipinski definition) is 2. The summed E-state index contributed by atoms with van der Waals surface area (Å²) in [5.74, 6) is -0.0805. The zero-order chi connectivity index (χ0) is 20.1. The van der Waals surface area contributed by atoms with Gasteiger partial charge in [0.05, 0.1) is 6.21 Å². The van der Waals surface area contributed by atoms with Crippen molar-refractivity contribution < 1.29 is 4.79 Å². The molecule has 0 spiro atoms. The first-order valence-corrected chi connectivity index (χ1v) is 9.58. The Hall–Kier alpha value is -3.14. The van der Waals surface area contributed by atoms with Gasteiger partial charge in [-0.2, -0.15) is 5.10 Å². The highest BCUT2D eigenvalue weighted by molar-refractivity contribution is 5.84. The van der Waals surface area contributed by atoms with Gasteiger partial charge >= 0.3 is 0 Å². The van der Waals surface area contributed by atoms with Crippen LogP contribution in [0, 0.1) is 27.7 Å². The van der Waals surface area contributed by atoms with Crippen molar-refractivity contribution in [2.45, 2.75) is 40.5 Å².